The topological polar surface area (TPSA) is 79.8 Å². The van der Waals surface area contributed by atoms with Crippen molar-refractivity contribution in [3.05, 3.63) is 45.5 Å². The van der Waals surface area contributed by atoms with E-state index in [1.54, 1.807) is 6.07 Å². The van der Waals surface area contributed by atoms with Gasteiger partial charge in [-0.1, -0.05) is 12.1 Å². The van der Waals surface area contributed by atoms with E-state index < -0.39 is 11.7 Å². The molecule has 0 atom stereocenters. The normalized spacial score (nSPS) is 16.0. The lowest BCUT2D eigenvalue weighted by Gasteiger charge is -2.07. The van der Waals surface area contributed by atoms with Gasteiger partial charge < -0.3 is 5.32 Å². The fourth-order valence-corrected chi connectivity index (χ4v) is 3.56. The van der Waals surface area contributed by atoms with Gasteiger partial charge >= 0.3 is 0 Å². The summed E-state index contributed by atoms with van der Waals surface area (Å²) < 4.78 is 2.49. The number of hydrogen-bond donors (Lipinski definition) is 2. The third-order valence-corrected chi connectivity index (χ3v) is 4.95. The molecule has 0 saturated heterocycles. The third-order valence-electron chi connectivity index (χ3n) is 4.66. The number of hydrogen-bond acceptors (Lipinski definition) is 4. The fourth-order valence-electron chi connectivity index (χ4n) is 3.26. The molecule has 1 aromatic carbocycles. The number of nitrogens with zero attached hydrogens (tertiary/aromatic N) is 2. The number of rotatable bonds is 5. The van der Waals surface area contributed by atoms with Gasteiger partial charge in [0.1, 0.15) is 0 Å². The number of nitrogens with one attached hydrogen (secondary N) is 2. The van der Waals surface area contributed by atoms with Gasteiger partial charge in [0.25, 0.3) is 5.91 Å². The predicted octanol–water partition coefficient (Wildman–Crippen LogP) is 2.26. The first-order valence-electron chi connectivity index (χ1n) is 8.23. The quantitative estimate of drug-likeness (QED) is 0.496. The Morgan fingerprint density at radius 2 is 2.08 bits per heavy atom. The zero-order valence-electron chi connectivity index (χ0n) is 13.2. The molecule has 1 aromatic heterocycles. The standard InChI is InChI=1S/C17H18N4O2S/c22-15(12-5-4-10-2-1-3-11(10)8-12)16(23)18-9-14-19-20-17(24)21(14)13-6-7-13/h4-5,8,13H,1-3,6-7,9H2,(H,18,23)(H,20,24). The second kappa shape index (κ2) is 5.98. The van der Waals surface area contributed by atoms with Gasteiger partial charge in [-0.25, -0.2) is 0 Å². The Morgan fingerprint density at radius 1 is 1.29 bits per heavy atom. The first-order valence-corrected chi connectivity index (χ1v) is 8.64. The molecular formula is C17H18N4O2S. The van der Waals surface area contributed by atoms with Gasteiger partial charge in [-0.05, 0) is 61.5 Å². The van der Waals surface area contributed by atoms with Gasteiger partial charge in [0, 0.05) is 11.6 Å². The van der Waals surface area contributed by atoms with E-state index in [2.05, 4.69) is 15.5 Å². The number of aromatic amines is 1. The van der Waals surface area contributed by atoms with E-state index in [-0.39, 0.29) is 6.54 Å². The average molecular weight is 342 g/mol. The molecule has 0 aliphatic heterocycles. The first kappa shape index (κ1) is 15.3. The molecule has 0 unspecified atom stereocenters. The molecule has 2 N–H and O–H groups in total. The van der Waals surface area contributed by atoms with Crippen LogP contribution in [0.1, 0.15) is 52.6 Å². The van der Waals surface area contributed by atoms with Crippen LogP contribution < -0.4 is 5.32 Å². The zero-order chi connectivity index (χ0) is 16.7. The van der Waals surface area contributed by atoms with Crippen molar-refractivity contribution in [2.45, 2.75) is 44.7 Å². The van der Waals surface area contributed by atoms with Gasteiger partial charge in [0.15, 0.2) is 10.6 Å². The van der Waals surface area contributed by atoms with E-state index in [0.29, 0.717) is 22.2 Å². The molecule has 2 aliphatic carbocycles. The molecule has 7 heteroatoms. The Balaban J connectivity index is 1.44. The van der Waals surface area contributed by atoms with E-state index in [1.807, 2.05) is 16.7 Å². The molecule has 6 nitrogen and oxygen atoms in total. The highest BCUT2D eigenvalue weighted by Crippen LogP contribution is 2.35. The number of aromatic nitrogens is 3. The Morgan fingerprint density at radius 3 is 2.88 bits per heavy atom. The Bertz CT molecular complexity index is 879. The smallest absolute Gasteiger partial charge is 0.292 e. The second-order valence-electron chi connectivity index (χ2n) is 6.40. The summed E-state index contributed by atoms with van der Waals surface area (Å²) in [5.74, 6) is -0.446. The molecule has 2 aromatic rings. The van der Waals surface area contributed by atoms with Crippen molar-refractivity contribution in [1.29, 1.82) is 0 Å². The van der Waals surface area contributed by atoms with E-state index in [4.69, 9.17) is 12.2 Å². The van der Waals surface area contributed by atoms with Crippen LogP contribution in [0.3, 0.4) is 0 Å². The number of H-pyrrole nitrogens is 1. The summed E-state index contributed by atoms with van der Waals surface area (Å²) in [6, 6.07) is 5.92. The van der Waals surface area contributed by atoms with Crippen molar-refractivity contribution in [2.24, 2.45) is 0 Å². The molecule has 1 amide bonds. The van der Waals surface area contributed by atoms with Crippen LogP contribution in [0.4, 0.5) is 0 Å². The minimum Gasteiger partial charge on any atom is -0.342 e. The molecule has 124 valence electrons. The van der Waals surface area contributed by atoms with Crippen molar-refractivity contribution < 1.29 is 9.59 Å². The van der Waals surface area contributed by atoms with Crippen molar-refractivity contribution in [3.8, 4) is 0 Å². The lowest BCUT2D eigenvalue weighted by molar-refractivity contribution is -0.117. The van der Waals surface area contributed by atoms with E-state index in [0.717, 1.165) is 32.1 Å². The zero-order valence-corrected chi connectivity index (χ0v) is 14.0. The Labute approximate surface area is 144 Å². The highest BCUT2D eigenvalue weighted by atomic mass is 32.1. The largest absolute Gasteiger partial charge is 0.342 e. The maximum atomic E-state index is 12.3. The monoisotopic (exact) mass is 342 g/mol. The van der Waals surface area contributed by atoms with Crippen LogP contribution in [0.5, 0.6) is 0 Å². The number of carbonyl (C=O) groups is 2. The van der Waals surface area contributed by atoms with Crippen LogP contribution in [0, 0.1) is 4.77 Å². The predicted molar refractivity (Wildman–Crippen MR) is 90.3 cm³/mol. The van der Waals surface area contributed by atoms with Gasteiger partial charge in [-0.15, -0.1) is 0 Å². The summed E-state index contributed by atoms with van der Waals surface area (Å²) >= 11 is 5.21. The van der Waals surface area contributed by atoms with Crippen LogP contribution >= 0.6 is 12.2 Å². The maximum Gasteiger partial charge on any atom is 0.292 e. The number of carbonyl (C=O) groups excluding carboxylic acids is 2. The Kier molecular flexibility index (Phi) is 3.80. The molecule has 0 radical (unpaired) electrons. The van der Waals surface area contributed by atoms with Crippen molar-refractivity contribution in [2.75, 3.05) is 0 Å². The Hall–Kier alpha value is -2.28. The lowest BCUT2D eigenvalue weighted by atomic mass is 10.0. The molecule has 0 bridgehead atoms. The number of ketones is 1. The van der Waals surface area contributed by atoms with Crippen molar-refractivity contribution in [1.82, 2.24) is 20.1 Å². The van der Waals surface area contributed by atoms with E-state index in [9.17, 15) is 9.59 Å². The molecule has 0 spiro atoms. The number of Topliss-reactive ketones (excluding diaryl/α,β-unsaturated/α-hetero) is 1. The molecular weight excluding hydrogens is 324 g/mol. The van der Waals surface area contributed by atoms with Gasteiger partial charge in [-0.3, -0.25) is 19.3 Å². The van der Waals surface area contributed by atoms with Gasteiger partial charge in [0.05, 0.1) is 6.54 Å². The molecule has 4 rings (SSSR count). The molecule has 1 heterocycles. The van der Waals surface area contributed by atoms with Crippen molar-refractivity contribution in [3.63, 3.8) is 0 Å². The van der Waals surface area contributed by atoms with E-state index >= 15 is 0 Å². The van der Waals surface area contributed by atoms with Gasteiger partial charge in [0.2, 0.25) is 5.78 Å². The van der Waals surface area contributed by atoms with Crippen molar-refractivity contribution >= 4 is 23.9 Å². The summed E-state index contributed by atoms with van der Waals surface area (Å²) in [7, 11) is 0. The fraction of sp³-hybridized carbons (Fsp3) is 0.412. The van der Waals surface area contributed by atoms with Crippen LogP contribution in [0.2, 0.25) is 0 Å². The van der Waals surface area contributed by atoms with Crippen LogP contribution in [-0.2, 0) is 24.2 Å². The first-order chi connectivity index (χ1) is 11.6. The summed E-state index contributed by atoms with van der Waals surface area (Å²) in [6.45, 7) is 0.194. The average Bonchev–Trinajstić information content (AvgIpc) is 3.19. The molecule has 1 saturated carbocycles. The maximum absolute atomic E-state index is 12.3. The summed E-state index contributed by atoms with van der Waals surface area (Å²) in [5, 5.41) is 9.56. The highest BCUT2D eigenvalue weighted by molar-refractivity contribution is 7.71. The number of amides is 1. The number of fused-ring (bicyclic) bond motifs is 1. The molecule has 2 aliphatic rings. The molecule has 1 fully saturated rings. The number of benzene rings is 1. The third kappa shape index (κ3) is 2.80. The summed E-state index contributed by atoms with van der Waals surface area (Å²) in [5.41, 5.74) is 2.92. The van der Waals surface area contributed by atoms with Gasteiger partial charge in [-0.2, -0.15) is 5.10 Å². The summed E-state index contributed by atoms with van der Waals surface area (Å²) in [6.07, 6.45) is 5.29. The summed E-state index contributed by atoms with van der Waals surface area (Å²) in [4.78, 5) is 24.5. The van der Waals surface area contributed by atoms with Crippen LogP contribution in [0.15, 0.2) is 18.2 Å². The minimum absolute atomic E-state index is 0.194. The highest BCUT2D eigenvalue weighted by Gasteiger charge is 2.27. The minimum atomic E-state index is -0.607. The number of aryl methyl sites for hydroxylation is 2. The second-order valence-corrected chi connectivity index (χ2v) is 6.78. The van der Waals surface area contributed by atoms with Crippen LogP contribution in [0.25, 0.3) is 0 Å². The van der Waals surface area contributed by atoms with E-state index in [1.165, 1.54) is 11.1 Å². The lowest BCUT2D eigenvalue weighted by Crippen LogP contribution is -2.31. The SMILES string of the molecule is O=C(NCc1n[nH]c(=S)n1C1CC1)C(=O)c1ccc2c(c1)CCC2. The van der Waals surface area contributed by atoms with Crippen LogP contribution in [-0.4, -0.2) is 26.5 Å². The molecule has 24 heavy (non-hydrogen) atoms.